The third-order valence-electron chi connectivity index (χ3n) is 8.22. The molecular formula is C37H62O. The van der Waals surface area contributed by atoms with Gasteiger partial charge in [-0.3, -0.25) is 4.79 Å². The van der Waals surface area contributed by atoms with Gasteiger partial charge in [0.15, 0.2) is 0 Å². The van der Waals surface area contributed by atoms with E-state index in [-0.39, 0.29) is 0 Å². The van der Waals surface area contributed by atoms with Gasteiger partial charge in [0.05, 0.1) is 0 Å². The molecule has 0 heterocycles. The molecule has 0 bridgehead atoms. The predicted octanol–water partition coefficient (Wildman–Crippen LogP) is 12.3. The Bertz CT molecular complexity index is 799. The van der Waals surface area contributed by atoms with Gasteiger partial charge in [0, 0.05) is 12.8 Å². The third kappa shape index (κ3) is 17.1. The van der Waals surface area contributed by atoms with Crippen LogP contribution in [0.1, 0.15) is 164 Å². The van der Waals surface area contributed by atoms with E-state index in [1.165, 1.54) is 113 Å². The molecule has 1 heteroatoms. The molecule has 0 amide bonds. The van der Waals surface area contributed by atoms with E-state index in [4.69, 9.17) is 0 Å². The molecule has 0 unspecified atom stereocenters. The Labute approximate surface area is 238 Å². The fourth-order valence-electron chi connectivity index (χ4n) is 5.63. The van der Waals surface area contributed by atoms with Crippen molar-refractivity contribution in [1.82, 2.24) is 0 Å². The maximum Gasteiger partial charge on any atom is 0.133 e. The Morgan fingerprint density at radius 3 is 1.95 bits per heavy atom. The van der Waals surface area contributed by atoms with Crippen molar-refractivity contribution in [2.75, 3.05) is 0 Å². The van der Waals surface area contributed by atoms with Crippen molar-refractivity contribution in [3.8, 4) is 0 Å². The number of allylic oxidation sites excluding steroid dienone is 10. The van der Waals surface area contributed by atoms with Crippen LogP contribution in [-0.2, 0) is 4.79 Å². The molecule has 1 aliphatic carbocycles. The van der Waals surface area contributed by atoms with Gasteiger partial charge in [-0.2, -0.15) is 0 Å². The van der Waals surface area contributed by atoms with Gasteiger partial charge >= 0.3 is 0 Å². The first kappa shape index (κ1) is 34.4. The number of carbonyl (C=O) groups excluding carboxylic acids is 1. The van der Waals surface area contributed by atoms with Crippen LogP contribution in [-0.4, -0.2) is 5.78 Å². The molecule has 0 atom stereocenters. The second-order valence-corrected chi connectivity index (χ2v) is 12.6. The maximum absolute atomic E-state index is 12.2. The van der Waals surface area contributed by atoms with Crippen molar-refractivity contribution in [3.63, 3.8) is 0 Å². The van der Waals surface area contributed by atoms with Crippen LogP contribution in [0.5, 0.6) is 0 Å². The van der Waals surface area contributed by atoms with Gasteiger partial charge in [0.1, 0.15) is 5.78 Å². The number of Topliss-reactive ketones (excluding diaryl/α,β-unsaturated/α-hetero) is 1. The van der Waals surface area contributed by atoms with Crippen LogP contribution < -0.4 is 0 Å². The zero-order valence-electron chi connectivity index (χ0n) is 26.3. The molecule has 1 nitrogen and oxygen atoms in total. The molecule has 0 saturated carbocycles. The molecule has 0 aromatic carbocycles. The Kier molecular flexibility index (Phi) is 19.2. The van der Waals surface area contributed by atoms with E-state index in [1.54, 1.807) is 5.57 Å². The number of hydrogen-bond acceptors (Lipinski definition) is 1. The third-order valence-corrected chi connectivity index (χ3v) is 8.22. The number of unbranched alkanes of at least 4 members (excludes halogenated alkanes) is 12. The smallest absolute Gasteiger partial charge is 0.133 e. The van der Waals surface area contributed by atoms with Gasteiger partial charge in [-0.25, -0.2) is 0 Å². The summed E-state index contributed by atoms with van der Waals surface area (Å²) in [6, 6.07) is 0. The van der Waals surface area contributed by atoms with Crippen LogP contribution in [0.15, 0.2) is 58.7 Å². The molecule has 38 heavy (non-hydrogen) atoms. The van der Waals surface area contributed by atoms with Crippen molar-refractivity contribution < 1.29 is 4.79 Å². The van der Waals surface area contributed by atoms with Crippen molar-refractivity contribution in [1.29, 1.82) is 0 Å². The van der Waals surface area contributed by atoms with E-state index in [9.17, 15) is 4.79 Å². The fraction of sp³-hybridized carbons (Fsp3) is 0.703. The summed E-state index contributed by atoms with van der Waals surface area (Å²) in [5.41, 5.74) is 5.85. The zero-order chi connectivity index (χ0) is 28.1. The van der Waals surface area contributed by atoms with E-state index in [2.05, 4.69) is 78.0 Å². The van der Waals surface area contributed by atoms with Crippen LogP contribution in [0.25, 0.3) is 0 Å². The first-order valence-electron chi connectivity index (χ1n) is 16.2. The monoisotopic (exact) mass is 522 g/mol. The molecule has 0 aromatic rings. The molecule has 0 fully saturated rings. The molecule has 0 spiro atoms. The second kappa shape index (κ2) is 21.2. The van der Waals surface area contributed by atoms with E-state index in [0.29, 0.717) is 17.6 Å². The van der Waals surface area contributed by atoms with E-state index in [0.717, 1.165) is 19.3 Å². The molecule has 0 aromatic heterocycles. The molecule has 1 aliphatic rings. The van der Waals surface area contributed by atoms with Crippen molar-refractivity contribution in [2.24, 2.45) is 5.41 Å². The molecule has 0 saturated heterocycles. The van der Waals surface area contributed by atoms with Crippen molar-refractivity contribution >= 4 is 5.78 Å². The first-order valence-corrected chi connectivity index (χ1v) is 16.2. The molecular weight excluding hydrogens is 460 g/mol. The maximum atomic E-state index is 12.2. The number of carbonyl (C=O) groups is 1. The molecule has 1 rings (SSSR count). The largest absolute Gasteiger partial charge is 0.300 e. The van der Waals surface area contributed by atoms with Gasteiger partial charge < -0.3 is 0 Å². The van der Waals surface area contributed by atoms with Crippen LogP contribution in [0.4, 0.5) is 0 Å². The molecule has 216 valence electrons. The quantitative estimate of drug-likeness (QED) is 0.108. The predicted molar refractivity (Wildman–Crippen MR) is 171 cm³/mol. The van der Waals surface area contributed by atoms with Gasteiger partial charge in [-0.15, -0.1) is 0 Å². The van der Waals surface area contributed by atoms with Gasteiger partial charge in [-0.1, -0.05) is 151 Å². The Balaban J connectivity index is 2.13. The van der Waals surface area contributed by atoms with E-state index >= 15 is 0 Å². The summed E-state index contributed by atoms with van der Waals surface area (Å²) < 4.78 is 0. The average molecular weight is 523 g/mol. The Morgan fingerprint density at radius 1 is 0.789 bits per heavy atom. The number of hydrogen-bond donors (Lipinski definition) is 0. The highest BCUT2D eigenvalue weighted by Gasteiger charge is 2.26. The Morgan fingerprint density at radius 2 is 1.37 bits per heavy atom. The molecule has 0 radical (unpaired) electrons. The number of rotatable bonds is 21. The average Bonchev–Trinajstić information content (AvgIpc) is 2.86. The summed E-state index contributed by atoms with van der Waals surface area (Å²) in [6.45, 7) is 13.6. The minimum Gasteiger partial charge on any atom is -0.300 e. The summed E-state index contributed by atoms with van der Waals surface area (Å²) in [6.07, 6.45) is 37.0. The lowest BCUT2D eigenvalue weighted by Crippen LogP contribution is -2.19. The Hall–Kier alpha value is -1.63. The normalized spacial score (nSPS) is 16.8. The van der Waals surface area contributed by atoms with Gasteiger partial charge in [-0.05, 0) is 63.9 Å². The second-order valence-electron chi connectivity index (χ2n) is 12.6. The fourth-order valence-corrected chi connectivity index (χ4v) is 5.63. The lowest BCUT2D eigenvalue weighted by atomic mass is 9.72. The lowest BCUT2D eigenvalue weighted by molar-refractivity contribution is -0.119. The summed E-state index contributed by atoms with van der Waals surface area (Å²) in [5, 5.41) is 0. The van der Waals surface area contributed by atoms with E-state index in [1.807, 2.05) is 0 Å². The molecule has 0 N–H and O–H groups in total. The van der Waals surface area contributed by atoms with Gasteiger partial charge in [0.25, 0.3) is 0 Å². The van der Waals surface area contributed by atoms with E-state index < -0.39 is 0 Å². The van der Waals surface area contributed by atoms with Crippen LogP contribution >= 0.6 is 0 Å². The SMILES string of the molecule is CCCCCCCCCCCCCCCC(=O)CC/C=C(C)/C=C/C=C(C)/C=C/C1=C(C)CCCC1(C)C. The number of ketones is 1. The zero-order valence-corrected chi connectivity index (χ0v) is 26.3. The topological polar surface area (TPSA) is 17.1 Å². The highest BCUT2D eigenvalue weighted by atomic mass is 16.1. The first-order chi connectivity index (χ1) is 18.3. The summed E-state index contributed by atoms with van der Waals surface area (Å²) in [4.78, 5) is 12.2. The van der Waals surface area contributed by atoms with Crippen molar-refractivity contribution in [2.45, 2.75) is 164 Å². The van der Waals surface area contributed by atoms with Crippen LogP contribution in [0.3, 0.4) is 0 Å². The minimum absolute atomic E-state index is 0.290. The highest BCUT2D eigenvalue weighted by Crippen LogP contribution is 2.40. The molecule has 0 aliphatic heterocycles. The van der Waals surface area contributed by atoms with Crippen LogP contribution in [0, 0.1) is 5.41 Å². The van der Waals surface area contributed by atoms with Gasteiger partial charge in [0.2, 0.25) is 0 Å². The lowest BCUT2D eigenvalue weighted by Gasteiger charge is -2.32. The van der Waals surface area contributed by atoms with Crippen molar-refractivity contribution in [3.05, 3.63) is 58.7 Å². The standard InChI is InChI=1S/C37H62O/c1-7-8-9-10-11-12-13-14-15-16-17-18-19-27-35(38)28-21-25-32(2)23-20-24-33(3)29-30-36-34(4)26-22-31-37(36,5)6/h20,23-25,29-30H,7-19,21-22,26-28,31H2,1-6H3/b23-20+,30-29+,32-25+,33-24+. The summed E-state index contributed by atoms with van der Waals surface area (Å²) in [5.74, 6) is 0.428. The van der Waals surface area contributed by atoms with Crippen LogP contribution in [0.2, 0.25) is 0 Å². The minimum atomic E-state index is 0.290. The summed E-state index contributed by atoms with van der Waals surface area (Å²) >= 11 is 0. The summed E-state index contributed by atoms with van der Waals surface area (Å²) in [7, 11) is 0. The highest BCUT2D eigenvalue weighted by molar-refractivity contribution is 5.78.